The molecule has 27 heavy (non-hydrogen) atoms. The zero-order chi connectivity index (χ0) is 19.2. The number of hydrogen-bond acceptors (Lipinski definition) is 2. The van der Waals surface area contributed by atoms with E-state index in [1.165, 1.54) is 16.7 Å². The second kappa shape index (κ2) is 9.18. The highest BCUT2D eigenvalue weighted by molar-refractivity contribution is 5.78. The average molecular weight is 365 g/mol. The minimum atomic E-state index is 0.148. The van der Waals surface area contributed by atoms with Gasteiger partial charge in [0, 0.05) is 19.0 Å². The first kappa shape index (κ1) is 19.6. The summed E-state index contributed by atoms with van der Waals surface area (Å²) in [5.74, 6) is 0.930. The Hall–Kier alpha value is -2.13. The molecule has 3 nitrogen and oxygen atoms in total. The first-order valence-corrected chi connectivity index (χ1v) is 10.2. The number of aryl methyl sites for hydroxylation is 1. The molecule has 1 N–H and O–H groups in total. The van der Waals surface area contributed by atoms with Crippen molar-refractivity contribution >= 4 is 5.91 Å². The molecule has 1 aliphatic rings. The Morgan fingerprint density at radius 1 is 1.00 bits per heavy atom. The van der Waals surface area contributed by atoms with Gasteiger partial charge in [0.05, 0.1) is 0 Å². The Morgan fingerprint density at radius 3 is 2.19 bits per heavy atom. The summed E-state index contributed by atoms with van der Waals surface area (Å²) >= 11 is 0. The molecule has 0 atom stereocenters. The third-order valence-electron chi connectivity index (χ3n) is 5.60. The predicted molar refractivity (Wildman–Crippen MR) is 112 cm³/mol. The van der Waals surface area contributed by atoms with Crippen molar-refractivity contribution in [2.45, 2.75) is 52.6 Å². The van der Waals surface area contributed by atoms with Crippen LogP contribution >= 0.6 is 0 Å². The molecule has 3 rings (SSSR count). The van der Waals surface area contributed by atoms with Crippen molar-refractivity contribution in [3.63, 3.8) is 0 Å². The monoisotopic (exact) mass is 364 g/mol. The van der Waals surface area contributed by atoms with E-state index in [1.807, 2.05) is 0 Å². The van der Waals surface area contributed by atoms with Crippen LogP contribution < -0.4 is 5.32 Å². The van der Waals surface area contributed by atoms with E-state index in [0.717, 1.165) is 38.0 Å². The summed E-state index contributed by atoms with van der Waals surface area (Å²) in [6.45, 7) is 10.1. The lowest BCUT2D eigenvalue weighted by Crippen LogP contribution is -2.40. The van der Waals surface area contributed by atoms with Crippen LogP contribution in [0.1, 0.15) is 54.9 Å². The van der Waals surface area contributed by atoms with Crippen molar-refractivity contribution in [2.75, 3.05) is 13.1 Å². The summed E-state index contributed by atoms with van der Waals surface area (Å²) in [4.78, 5) is 14.9. The van der Waals surface area contributed by atoms with Gasteiger partial charge in [-0.1, -0.05) is 67.9 Å². The van der Waals surface area contributed by atoms with Gasteiger partial charge in [0.15, 0.2) is 0 Å². The van der Waals surface area contributed by atoms with Crippen molar-refractivity contribution in [3.8, 4) is 0 Å². The van der Waals surface area contributed by atoms with E-state index in [9.17, 15) is 4.79 Å². The van der Waals surface area contributed by atoms with Gasteiger partial charge < -0.3 is 5.32 Å². The lowest BCUT2D eigenvalue weighted by atomic mass is 9.95. The first-order valence-electron chi connectivity index (χ1n) is 10.2. The lowest BCUT2D eigenvalue weighted by molar-refractivity contribution is -0.126. The van der Waals surface area contributed by atoms with Crippen LogP contribution in [-0.2, 0) is 17.9 Å². The fraction of sp³-hybridized carbons (Fsp3) is 0.458. The largest absolute Gasteiger partial charge is 0.352 e. The fourth-order valence-corrected chi connectivity index (χ4v) is 3.66. The van der Waals surface area contributed by atoms with Gasteiger partial charge in [0.25, 0.3) is 0 Å². The Balaban J connectivity index is 1.42. The van der Waals surface area contributed by atoms with Gasteiger partial charge in [0.2, 0.25) is 5.91 Å². The number of benzene rings is 2. The molecule has 0 aromatic heterocycles. The quantitative estimate of drug-likeness (QED) is 0.809. The third-order valence-corrected chi connectivity index (χ3v) is 5.60. The van der Waals surface area contributed by atoms with Crippen LogP contribution in [0.4, 0.5) is 0 Å². The molecular weight excluding hydrogens is 332 g/mol. The number of nitrogens with zero attached hydrogens (tertiary/aromatic N) is 1. The Bertz CT molecular complexity index is 726. The third kappa shape index (κ3) is 5.67. The second-order valence-corrected chi connectivity index (χ2v) is 8.15. The molecule has 0 aliphatic carbocycles. The molecule has 1 saturated heterocycles. The molecule has 144 valence electrons. The van der Waals surface area contributed by atoms with Crippen molar-refractivity contribution < 1.29 is 4.79 Å². The molecule has 1 heterocycles. The maximum absolute atomic E-state index is 12.5. The molecule has 0 saturated carbocycles. The number of hydrogen-bond donors (Lipinski definition) is 1. The Kier molecular flexibility index (Phi) is 6.68. The van der Waals surface area contributed by atoms with Gasteiger partial charge >= 0.3 is 0 Å². The number of carbonyl (C=O) groups is 1. The highest BCUT2D eigenvalue weighted by Crippen LogP contribution is 2.21. The smallest absolute Gasteiger partial charge is 0.223 e. The molecule has 0 unspecified atom stereocenters. The molecule has 1 fully saturated rings. The van der Waals surface area contributed by atoms with E-state index in [1.54, 1.807) is 0 Å². The number of likely N-dealkylation sites (tertiary alicyclic amines) is 1. The maximum Gasteiger partial charge on any atom is 0.223 e. The van der Waals surface area contributed by atoms with Gasteiger partial charge in [0.1, 0.15) is 0 Å². The minimum absolute atomic E-state index is 0.148. The second-order valence-electron chi connectivity index (χ2n) is 8.15. The summed E-state index contributed by atoms with van der Waals surface area (Å²) in [6.07, 6.45) is 1.90. The van der Waals surface area contributed by atoms with E-state index < -0.39 is 0 Å². The molecule has 2 aromatic carbocycles. The van der Waals surface area contributed by atoms with Crippen LogP contribution in [0.3, 0.4) is 0 Å². The topological polar surface area (TPSA) is 32.3 Å². The van der Waals surface area contributed by atoms with Crippen molar-refractivity contribution in [1.29, 1.82) is 0 Å². The lowest BCUT2D eigenvalue weighted by Gasteiger charge is -2.31. The number of carbonyl (C=O) groups excluding carboxylic acids is 1. The summed E-state index contributed by atoms with van der Waals surface area (Å²) in [6, 6.07) is 17.3. The number of amides is 1. The highest BCUT2D eigenvalue weighted by Gasteiger charge is 2.24. The normalized spacial score (nSPS) is 15.9. The SMILES string of the molecule is Cc1ccc(CNC(=O)C2CCN(Cc3ccc(C(C)C)cc3)CC2)cc1. The van der Waals surface area contributed by atoms with Gasteiger partial charge in [-0.25, -0.2) is 0 Å². The van der Waals surface area contributed by atoms with Gasteiger partial charge in [-0.05, 0) is 55.5 Å². The summed E-state index contributed by atoms with van der Waals surface area (Å²) in [5, 5.41) is 3.11. The molecule has 1 aliphatic heterocycles. The van der Waals surface area contributed by atoms with Crippen molar-refractivity contribution in [3.05, 3.63) is 70.8 Å². The average Bonchev–Trinajstić information content (AvgIpc) is 2.68. The summed E-state index contributed by atoms with van der Waals surface area (Å²) in [7, 11) is 0. The van der Waals surface area contributed by atoms with E-state index in [4.69, 9.17) is 0 Å². The van der Waals surface area contributed by atoms with E-state index in [-0.39, 0.29) is 11.8 Å². The van der Waals surface area contributed by atoms with Gasteiger partial charge in [-0.2, -0.15) is 0 Å². The van der Waals surface area contributed by atoms with Crippen molar-refractivity contribution in [2.24, 2.45) is 5.92 Å². The van der Waals surface area contributed by atoms with Crippen LogP contribution in [0.5, 0.6) is 0 Å². The molecular formula is C24H32N2O. The molecule has 0 spiro atoms. The molecule has 2 aromatic rings. The standard InChI is InChI=1S/C24H32N2O/c1-18(2)22-10-8-21(9-11-22)17-26-14-12-23(13-15-26)24(27)25-16-20-6-4-19(3)5-7-20/h4-11,18,23H,12-17H2,1-3H3,(H,25,27). The zero-order valence-corrected chi connectivity index (χ0v) is 16.9. The highest BCUT2D eigenvalue weighted by atomic mass is 16.1. The predicted octanol–water partition coefficient (Wildman–Crippen LogP) is 4.65. The molecule has 1 amide bonds. The van der Waals surface area contributed by atoms with E-state index in [0.29, 0.717) is 12.5 Å². The van der Waals surface area contributed by atoms with Crippen LogP contribution in [0, 0.1) is 12.8 Å². The fourth-order valence-electron chi connectivity index (χ4n) is 3.66. The van der Waals surface area contributed by atoms with Crippen molar-refractivity contribution in [1.82, 2.24) is 10.2 Å². The molecule has 0 radical (unpaired) electrons. The number of piperidine rings is 1. The first-order chi connectivity index (χ1) is 13.0. The number of rotatable bonds is 6. The van der Waals surface area contributed by atoms with Crippen LogP contribution in [0.25, 0.3) is 0 Å². The molecule has 3 heteroatoms. The van der Waals surface area contributed by atoms with Crippen LogP contribution in [-0.4, -0.2) is 23.9 Å². The maximum atomic E-state index is 12.5. The van der Waals surface area contributed by atoms with Gasteiger partial charge in [-0.15, -0.1) is 0 Å². The number of nitrogens with one attached hydrogen (secondary N) is 1. The Morgan fingerprint density at radius 2 is 1.59 bits per heavy atom. The molecule has 0 bridgehead atoms. The van der Waals surface area contributed by atoms with E-state index >= 15 is 0 Å². The minimum Gasteiger partial charge on any atom is -0.352 e. The van der Waals surface area contributed by atoms with Crippen LogP contribution in [0.15, 0.2) is 48.5 Å². The summed E-state index contributed by atoms with van der Waals surface area (Å²) < 4.78 is 0. The zero-order valence-electron chi connectivity index (χ0n) is 16.9. The Labute approximate surface area is 163 Å². The summed E-state index contributed by atoms with van der Waals surface area (Å²) in [5.41, 5.74) is 5.16. The van der Waals surface area contributed by atoms with Gasteiger partial charge in [-0.3, -0.25) is 9.69 Å². The van der Waals surface area contributed by atoms with E-state index in [2.05, 4.69) is 79.5 Å². The van der Waals surface area contributed by atoms with Crippen LogP contribution in [0.2, 0.25) is 0 Å².